The van der Waals surface area contributed by atoms with Gasteiger partial charge in [0.15, 0.2) is 5.13 Å². The van der Waals surface area contributed by atoms with Gasteiger partial charge in [-0.05, 0) is 26.8 Å². The van der Waals surface area contributed by atoms with Gasteiger partial charge in [-0.25, -0.2) is 15.0 Å². The fourth-order valence-corrected chi connectivity index (χ4v) is 2.61. The van der Waals surface area contributed by atoms with E-state index >= 15 is 0 Å². The number of thiazole rings is 1. The Bertz CT molecular complexity index is 639. The molecule has 2 rings (SSSR count). The van der Waals surface area contributed by atoms with E-state index in [-0.39, 0.29) is 17.8 Å². The lowest BCUT2D eigenvalue weighted by molar-refractivity contribution is 0.0955. The number of hydrogen-bond donors (Lipinski definition) is 3. The molecule has 0 saturated heterocycles. The Balaban J connectivity index is 2.01. The SMILES string of the molecule is Cc1nccc(CNC(=O)c2sc(NC(C)C)nc2N)n1. The predicted molar refractivity (Wildman–Crippen MR) is 83.2 cm³/mol. The molecule has 112 valence electrons. The van der Waals surface area contributed by atoms with Crippen LogP contribution in [0.4, 0.5) is 10.9 Å². The van der Waals surface area contributed by atoms with Crippen molar-refractivity contribution in [1.82, 2.24) is 20.3 Å². The Labute approximate surface area is 127 Å². The maximum Gasteiger partial charge on any atom is 0.265 e. The number of nitrogen functional groups attached to an aromatic ring is 1. The smallest absolute Gasteiger partial charge is 0.265 e. The zero-order valence-corrected chi connectivity index (χ0v) is 13.0. The van der Waals surface area contributed by atoms with Gasteiger partial charge in [-0.1, -0.05) is 11.3 Å². The summed E-state index contributed by atoms with van der Waals surface area (Å²) in [7, 11) is 0. The third-order valence-electron chi connectivity index (χ3n) is 2.54. The summed E-state index contributed by atoms with van der Waals surface area (Å²) >= 11 is 1.24. The number of aryl methyl sites for hydroxylation is 1. The number of nitrogens with zero attached hydrogens (tertiary/aromatic N) is 3. The van der Waals surface area contributed by atoms with Crippen molar-refractivity contribution in [2.45, 2.75) is 33.4 Å². The van der Waals surface area contributed by atoms with Crippen molar-refractivity contribution in [3.63, 3.8) is 0 Å². The van der Waals surface area contributed by atoms with Crippen LogP contribution in [0.5, 0.6) is 0 Å². The van der Waals surface area contributed by atoms with Gasteiger partial charge in [0.25, 0.3) is 5.91 Å². The maximum atomic E-state index is 12.1. The first kappa shape index (κ1) is 15.2. The van der Waals surface area contributed by atoms with E-state index in [0.29, 0.717) is 22.4 Å². The van der Waals surface area contributed by atoms with Crippen LogP contribution in [0.15, 0.2) is 12.3 Å². The van der Waals surface area contributed by atoms with Crippen LogP contribution in [0.1, 0.15) is 35.0 Å². The normalized spacial score (nSPS) is 10.7. The van der Waals surface area contributed by atoms with E-state index in [1.54, 1.807) is 19.2 Å². The van der Waals surface area contributed by atoms with E-state index in [1.165, 1.54) is 11.3 Å². The van der Waals surface area contributed by atoms with Crippen LogP contribution >= 0.6 is 11.3 Å². The third-order valence-corrected chi connectivity index (χ3v) is 3.54. The number of rotatable bonds is 5. The number of carbonyl (C=O) groups is 1. The molecule has 0 spiro atoms. The highest BCUT2D eigenvalue weighted by molar-refractivity contribution is 7.18. The standard InChI is InChI=1S/C13H18N6OS/c1-7(2)17-13-19-11(14)10(21-13)12(20)16-6-9-4-5-15-8(3)18-9/h4-5,7H,6,14H2,1-3H3,(H,16,20)(H,17,19). The first-order valence-electron chi connectivity index (χ1n) is 6.55. The van der Waals surface area contributed by atoms with Gasteiger partial charge in [0.2, 0.25) is 0 Å². The third kappa shape index (κ3) is 4.12. The van der Waals surface area contributed by atoms with E-state index in [2.05, 4.69) is 25.6 Å². The molecule has 2 aromatic rings. The number of nitrogens with one attached hydrogen (secondary N) is 2. The first-order chi connectivity index (χ1) is 9.95. The molecule has 0 aliphatic carbocycles. The molecule has 0 radical (unpaired) electrons. The molecule has 0 atom stereocenters. The van der Waals surface area contributed by atoms with Crippen molar-refractivity contribution in [1.29, 1.82) is 0 Å². The Morgan fingerprint density at radius 1 is 1.43 bits per heavy atom. The van der Waals surface area contributed by atoms with Crippen LogP contribution < -0.4 is 16.4 Å². The topological polar surface area (TPSA) is 106 Å². The molecule has 8 heteroatoms. The van der Waals surface area contributed by atoms with Crippen molar-refractivity contribution >= 4 is 28.2 Å². The largest absolute Gasteiger partial charge is 0.382 e. The number of hydrogen-bond acceptors (Lipinski definition) is 7. The minimum absolute atomic E-state index is 0.232. The molecule has 2 aromatic heterocycles. The average Bonchev–Trinajstić information content (AvgIpc) is 2.76. The van der Waals surface area contributed by atoms with Crippen LogP contribution in [-0.2, 0) is 6.54 Å². The quantitative estimate of drug-likeness (QED) is 0.774. The molecule has 0 unspecified atom stereocenters. The van der Waals surface area contributed by atoms with Gasteiger partial charge in [0, 0.05) is 12.2 Å². The molecule has 4 N–H and O–H groups in total. The molecule has 0 aliphatic rings. The van der Waals surface area contributed by atoms with Crippen molar-refractivity contribution in [2.24, 2.45) is 0 Å². The molecule has 2 heterocycles. The van der Waals surface area contributed by atoms with Gasteiger partial charge in [0.1, 0.15) is 16.5 Å². The molecule has 0 saturated carbocycles. The minimum Gasteiger partial charge on any atom is -0.382 e. The summed E-state index contributed by atoms with van der Waals surface area (Å²) in [6.45, 7) is 6.12. The highest BCUT2D eigenvalue weighted by Crippen LogP contribution is 2.25. The number of anilines is 2. The molecule has 0 aromatic carbocycles. The molecule has 21 heavy (non-hydrogen) atoms. The Morgan fingerprint density at radius 2 is 2.19 bits per heavy atom. The fraction of sp³-hybridized carbons (Fsp3) is 0.385. The monoisotopic (exact) mass is 306 g/mol. The molecule has 7 nitrogen and oxygen atoms in total. The van der Waals surface area contributed by atoms with Crippen LogP contribution in [0, 0.1) is 6.92 Å². The van der Waals surface area contributed by atoms with E-state index in [0.717, 1.165) is 5.69 Å². The molecule has 0 bridgehead atoms. The first-order valence-corrected chi connectivity index (χ1v) is 7.37. The molecular weight excluding hydrogens is 288 g/mol. The summed E-state index contributed by atoms with van der Waals surface area (Å²) in [4.78, 5) is 24.9. The van der Waals surface area contributed by atoms with Gasteiger partial charge in [-0.3, -0.25) is 4.79 Å². The highest BCUT2D eigenvalue weighted by Gasteiger charge is 2.16. The average molecular weight is 306 g/mol. The number of amides is 1. The lowest BCUT2D eigenvalue weighted by atomic mass is 10.3. The molecule has 0 aliphatic heterocycles. The van der Waals surface area contributed by atoms with E-state index in [9.17, 15) is 4.79 Å². The van der Waals surface area contributed by atoms with E-state index in [4.69, 9.17) is 5.73 Å². The van der Waals surface area contributed by atoms with E-state index < -0.39 is 0 Å². The second kappa shape index (κ2) is 6.49. The Kier molecular flexibility index (Phi) is 4.69. The fourth-order valence-electron chi connectivity index (χ4n) is 1.66. The van der Waals surface area contributed by atoms with Crippen LogP contribution in [0.2, 0.25) is 0 Å². The number of nitrogens with two attached hydrogens (primary N) is 1. The Morgan fingerprint density at radius 3 is 2.86 bits per heavy atom. The molecule has 1 amide bonds. The van der Waals surface area contributed by atoms with E-state index in [1.807, 2.05) is 13.8 Å². The summed E-state index contributed by atoms with van der Waals surface area (Å²) < 4.78 is 0. The van der Waals surface area contributed by atoms with Gasteiger partial charge in [-0.2, -0.15) is 0 Å². The predicted octanol–water partition coefficient (Wildman–Crippen LogP) is 1.57. The highest BCUT2D eigenvalue weighted by atomic mass is 32.1. The number of carbonyl (C=O) groups excluding carboxylic acids is 1. The zero-order chi connectivity index (χ0) is 15.4. The second-order valence-corrected chi connectivity index (χ2v) is 5.81. The summed E-state index contributed by atoms with van der Waals surface area (Å²) in [5, 5.41) is 6.56. The summed E-state index contributed by atoms with van der Waals surface area (Å²) in [6.07, 6.45) is 1.66. The summed E-state index contributed by atoms with van der Waals surface area (Å²) in [5.41, 5.74) is 6.53. The zero-order valence-electron chi connectivity index (χ0n) is 12.2. The van der Waals surface area contributed by atoms with Crippen molar-refractivity contribution in [3.8, 4) is 0 Å². The van der Waals surface area contributed by atoms with Crippen LogP contribution in [0.3, 0.4) is 0 Å². The van der Waals surface area contributed by atoms with Gasteiger partial charge < -0.3 is 16.4 Å². The molecule has 0 fully saturated rings. The van der Waals surface area contributed by atoms with Crippen LogP contribution in [-0.4, -0.2) is 26.9 Å². The van der Waals surface area contributed by atoms with Gasteiger partial charge >= 0.3 is 0 Å². The van der Waals surface area contributed by atoms with Gasteiger partial charge in [-0.15, -0.1) is 0 Å². The minimum atomic E-state index is -0.252. The Hall–Kier alpha value is -2.22. The second-order valence-electron chi connectivity index (χ2n) is 4.81. The summed E-state index contributed by atoms with van der Waals surface area (Å²) in [6, 6.07) is 1.99. The van der Waals surface area contributed by atoms with Crippen LogP contribution in [0.25, 0.3) is 0 Å². The molecular formula is C13H18N6OS. The number of aromatic nitrogens is 3. The maximum absolute atomic E-state index is 12.1. The lowest BCUT2D eigenvalue weighted by Crippen LogP contribution is -2.23. The lowest BCUT2D eigenvalue weighted by Gasteiger charge is -2.04. The van der Waals surface area contributed by atoms with Gasteiger partial charge in [0.05, 0.1) is 12.2 Å². The van der Waals surface area contributed by atoms with Crippen molar-refractivity contribution in [2.75, 3.05) is 11.1 Å². The van der Waals surface area contributed by atoms with Crippen molar-refractivity contribution in [3.05, 3.63) is 28.7 Å². The summed E-state index contributed by atoms with van der Waals surface area (Å²) in [5.74, 6) is 0.653. The van der Waals surface area contributed by atoms with Crippen molar-refractivity contribution < 1.29 is 4.79 Å².